The van der Waals surface area contributed by atoms with Crippen molar-refractivity contribution in [1.29, 1.82) is 0 Å². The van der Waals surface area contributed by atoms with Crippen molar-refractivity contribution < 1.29 is 4.79 Å². The maximum atomic E-state index is 12.5. The zero-order valence-corrected chi connectivity index (χ0v) is 14.9. The summed E-state index contributed by atoms with van der Waals surface area (Å²) in [5, 5.41) is 10.6. The smallest absolute Gasteiger partial charge is 0.266 e. The number of aliphatic imine (C=N–C) groups is 1. The predicted octanol–water partition coefficient (Wildman–Crippen LogP) is 4.12. The third-order valence-electron chi connectivity index (χ3n) is 3.08. The number of nitrogens with zero attached hydrogens (tertiary/aromatic N) is 4. The average Bonchev–Trinajstić information content (AvgIpc) is 3.06. The van der Waals surface area contributed by atoms with Crippen molar-refractivity contribution in [1.82, 2.24) is 15.1 Å². The molecular formula is C15H13ClN4OS2. The standard InChI is InChI=1S/C15H13ClN4OS2/c1-3-20-13(21)12(8-10-4-6-11(16)7-5-10)23-15(20)17-14-19-18-9(2)22-14/h4-8H,3H2,1-2H3/b12-8-,17-15+. The molecule has 23 heavy (non-hydrogen) atoms. The summed E-state index contributed by atoms with van der Waals surface area (Å²) in [6.45, 7) is 4.35. The van der Waals surface area contributed by atoms with Gasteiger partial charge in [0.05, 0.1) is 4.91 Å². The number of likely N-dealkylation sites (N-methyl/N-ethyl adjacent to an activating group) is 1. The molecule has 2 aromatic rings. The lowest BCUT2D eigenvalue weighted by Gasteiger charge is -2.11. The second-order valence-electron chi connectivity index (χ2n) is 4.71. The lowest BCUT2D eigenvalue weighted by molar-refractivity contribution is -0.122. The number of aromatic nitrogens is 2. The van der Waals surface area contributed by atoms with Gasteiger partial charge >= 0.3 is 0 Å². The summed E-state index contributed by atoms with van der Waals surface area (Å²) in [4.78, 5) is 19.2. The van der Waals surface area contributed by atoms with Gasteiger partial charge in [0.15, 0.2) is 5.17 Å². The van der Waals surface area contributed by atoms with Gasteiger partial charge in [-0.25, -0.2) is 0 Å². The number of hydrogen-bond donors (Lipinski definition) is 0. The van der Waals surface area contributed by atoms with Crippen LogP contribution in [0.1, 0.15) is 17.5 Å². The van der Waals surface area contributed by atoms with Gasteiger partial charge in [-0.15, -0.1) is 10.2 Å². The third kappa shape index (κ3) is 3.63. The molecule has 0 atom stereocenters. The van der Waals surface area contributed by atoms with Crippen molar-refractivity contribution in [2.75, 3.05) is 6.54 Å². The molecule has 0 radical (unpaired) electrons. The van der Waals surface area contributed by atoms with Crippen LogP contribution in [0.4, 0.5) is 5.13 Å². The zero-order valence-electron chi connectivity index (χ0n) is 12.5. The van der Waals surface area contributed by atoms with Crippen LogP contribution in [-0.4, -0.2) is 32.7 Å². The summed E-state index contributed by atoms with van der Waals surface area (Å²) in [6, 6.07) is 7.36. The van der Waals surface area contributed by atoms with Crippen molar-refractivity contribution in [2.45, 2.75) is 13.8 Å². The molecule has 0 saturated carbocycles. The third-order valence-corrected chi connectivity index (χ3v) is 5.07. The number of rotatable bonds is 3. The first-order chi connectivity index (χ1) is 11.1. The fourth-order valence-corrected chi connectivity index (χ4v) is 3.78. The van der Waals surface area contributed by atoms with Crippen molar-refractivity contribution in [3.63, 3.8) is 0 Å². The van der Waals surface area contributed by atoms with Gasteiger partial charge in [-0.2, -0.15) is 4.99 Å². The molecule has 118 valence electrons. The van der Waals surface area contributed by atoms with E-state index in [-0.39, 0.29) is 5.91 Å². The Balaban J connectivity index is 1.91. The largest absolute Gasteiger partial charge is 0.287 e. The number of halogens is 1. The van der Waals surface area contributed by atoms with Crippen LogP contribution in [0.15, 0.2) is 34.2 Å². The normalized spacial score (nSPS) is 18.4. The summed E-state index contributed by atoms with van der Waals surface area (Å²) >= 11 is 8.63. The molecule has 1 aliphatic heterocycles. The molecule has 1 fully saturated rings. The molecular weight excluding hydrogens is 352 g/mol. The minimum absolute atomic E-state index is 0.0487. The number of thioether (sulfide) groups is 1. The molecule has 3 rings (SSSR count). The highest BCUT2D eigenvalue weighted by atomic mass is 35.5. The molecule has 0 bridgehead atoms. The summed E-state index contributed by atoms with van der Waals surface area (Å²) in [5.41, 5.74) is 0.925. The first kappa shape index (κ1) is 16.2. The van der Waals surface area contributed by atoms with Crippen LogP contribution in [0.25, 0.3) is 6.08 Å². The van der Waals surface area contributed by atoms with E-state index in [1.54, 1.807) is 17.0 Å². The molecule has 1 saturated heterocycles. The first-order valence-corrected chi connectivity index (χ1v) is 8.93. The van der Waals surface area contributed by atoms with E-state index >= 15 is 0 Å². The van der Waals surface area contributed by atoms with Crippen molar-refractivity contribution in [3.05, 3.63) is 44.8 Å². The van der Waals surface area contributed by atoms with Crippen LogP contribution in [-0.2, 0) is 4.79 Å². The van der Waals surface area contributed by atoms with Gasteiger partial charge in [0.25, 0.3) is 5.91 Å². The van der Waals surface area contributed by atoms with Gasteiger partial charge in [0.1, 0.15) is 5.01 Å². The number of carbonyl (C=O) groups is 1. The Morgan fingerprint density at radius 1 is 1.30 bits per heavy atom. The molecule has 1 aliphatic rings. The molecule has 0 N–H and O–H groups in total. The fraction of sp³-hybridized carbons (Fsp3) is 0.200. The van der Waals surface area contributed by atoms with Crippen LogP contribution in [0, 0.1) is 6.92 Å². The highest BCUT2D eigenvalue weighted by molar-refractivity contribution is 8.18. The van der Waals surface area contributed by atoms with E-state index in [9.17, 15) is 4.79 Å². The van der Waals surface area contributed by atoms with E-state index in [4.69, 9.17) is 11.6 Å². The van der Waals surface area contributed by atoms with Crippen LogP contribution in [0.2, 0.25) is 5.02 Å². The van der Waals surface area contributed by atoms with Crippen LogP contribution < -0.4 is 0 Å². The van der Waals surface area contributed by atoms with Crippen LogP contribution >= 0.6 is 34.7 Å². The van der Waals surface area contributed by atoms with Crippen molar-refractivity contribution in [2.24, 2.45) is 4.99 Å². The fourth-order valence-electron chi connectivity index (χ4n) is 1.99. The molecule has 0 spiro atoms. The van der Waals surface area contributed by atoms with Gasteiger partial charge in [-0.05, 0) is 49.4 Å². The number of hydrogen-bond acceptors (Lipinski definition) is 6. The van der Waals surface area contributed by atoms with E-state index in [0.717, 1.165) is 10.6 Å². The zero-order chi connectivity index (χ0) is 16.4. The van der Waals surface area contributed by atoms with E-state index < -0.39 is 0 Å². The van der Waals surface area contributed by atoms with Crippen LogP contribution in [0.5, 0.6) is 0 Å². The van der Waals surface area contributed by atoms with Gasteiger partial charge in [-0.3, -0.25) is 9.69 Å². The van der Waals surface area contributed by atoms with Gasteiger partial charge in [-0.1, -0.05) is 35.1 Å². The SMILES string of the molecule is CCN1C(=O)/C(=C/c2ccc(Cl)cc2)S/C1=N/c1nnc(C)s1. The second-order valence-corrected chi connectivity index (χ2v) is 7.32. The minimum Gasteiger partial charge on any atom is -0.287 e. The number of amides is 1. The first-order valence-electron chi connectivity index (χ1n) is 6.92. The summed E-state index contributed by atoms with van der Waals surface area (Å²) in [6.07, 6.45) is 1.85. The predicted molar refractivity (Wildman–Crippen MR) is 96.1 cm³/mol. The molecule has 0 aliphatic carbocycles. The maximum Gasteiger partial charge on any atom is 0.266 e. The van der Waals surface area contributed by atoms with E-state index in [1.165, 1.54) is 23.1 Å². The quantitative estimate of drug-likeness (QED) is 0.768. The number of amidine groups is 1. The second kappa shape index (κ2) is 6.82. The highest BCUT2D eigenvalue weighted by Gasteiger charge is 2.32. The number of benzene rings is 1. The Hall–Kier alpha value is -1.70. The molecule has 5 nitrogen and oxygen atoms in total. The van der Waals surface area contributed by atoms with Crippen LogP contribution in [0.3, 0.4) is 0 Å². The maximum absolute atomic E-state index is 12.5. The molecule has 1 aromatic heterocycles. The Bertz CT molecular complexity index is 798. The Morgan fingerprint density at radius 2 is 2.04 bits per heavy atom. The molecule has 1 amide bonds. The van der Waals surface area contributed by atoms with E-state index in [0.29, 0.717) is 26.8 Å². The van der Waals surface area contributed by atoms with E-state index in [2.05, 4.69) is 15.2 Å². The minimum atomic E-state index is -0.0487. The van der Waals surface area contributed by atoms with E-state index in [1.807, 2.05) is 32.1 Å². The Kier molecular flexibility index (Phi) is 4.79. The number of carbonyl (C=O) groups excluding carboxylic acids is 1. The molecule has 8 heteroatoms. The summed E-state index contributed by atoms with van der Waals surface area (Å²) in [7, 11) is 0. The lowest BCUT2D eigenvalue weighted by atomic mass is 10.2. The lowest BCUT2D eigenvalue weighted by Crippen LogP contribution is -2.28. The van der Waals surface area contributed by atoms with Crippen molar-refractivity contribution in [3.8, 4) is 0 Å². The Morgan fingerprint density at radius 3 is 2.65 bits per heavy atom. The summed E-state index contributed by atoms with van der Waals surface area (Å²) < 4.78 is 0. The Labute approximate surface area is 147 Å². The van der Waals surface area contributed by atoms with Gasteiger partial charge in [0, 0.05) is 11.6 Å². The molecule has 0 unspecified atom stereocenters. The highest BCUT2D eigenvalue weighted by Crippen LogP contribution is 2.34. The summed E-state index contributed by atoms with van der Waals surface area (Å²) in [5.74, 6) is -0.0487. The van der Waals surface area contributed by atoms with Gasteiger partial charge in [0.2, 0.25) is 5.13 Å². The number of aryl methyl sites for hydroxylation is 1. The topological polar surface area (TPSA) is 58.5 Å². The monoisotopic (exact) mass is 364 g/mol. The van der Waals surface area contributed by atoms with Crippen molar-refractivity contribution >= 4 is 57.0 Å². The average molecular weight is 365 g/mol. The molecule has 2 heterocycles. The molecule has 1 aromatic carbocycles. The van der Waals surface area contributed by atoms with Gasteiger partial charge < -0.3 is 0 Å².